The van der Waals surface area contributed by atoms with Crippen LogP contribution in [-0.2, 0) is 20.7 Å². The van der Waals surface area contributed by atoms with Gasteiger partial charge in [0.25, 0.3) is 0 Å². The molecule has 1 amide bonds. The Morgan fingerprint density at radius 1 is 1.03 bits per heavy atom. The van der Waals surface area contributed by atoms with Gasteiger partial charge in [-0.05, 0) is 68.9 Å². The third-order valence-electron chi connectivity index (χ3n) is 6.35. The molecule has 1 unspecified atom stereocenters. The molecular weight excluding hydrogens is 452 g/mol. The number of benzene rings is 2. The van der Waals surface area contributed by atoms with E-state index in [1.807, 2.05) is 25.1 Å². The maximum Gasteiger partial charge on any atom is 0.330 e. The molecule has 0 bridgehead atoms. The maximum absolute atomic E-state index is 13.2. The molecule has 1 heterocycles. The number of para-hydroxylation sites is 1. The standard InChI is InChI=1S/C30H40N2O4/c1-4-12-26(25-13-8-9-14-27(25)32-19-10-7-11-20-32)31-29(33)22-23-15-16-24(28(21-23)35-5-2)17-18-30(34)36-6-3/h8-9,13-18,21,26H,4-7,10-12,19-20,22H2,1-3H3,(H,31,33). The van der Waals surface area contributed by atoms with Gasteiger partial charge in [0, 0.05) is 30.4 Å². The molecule has 2 aromatic carbocycles. The summed E-state index contributed by atoms with van der Waals surface area (Å²) in [5, 5.41) is 3.30. The van der Waals surface area contributed by atoms with Gasteiger partial charge in [0.15, 0.2) is 0 Å². The van der Waals surface area contributed by atoms with Crippen LogP contribution in [0.1, 0.15) is 75.6 Å². The Hall–Kier alpha value is -3.28. The van der Waals surface area contributed by atoms with Crippen molar-refractivity contribution < 1.29 is 19.1 Å². The predicted octanol–water partition coefficient (Wildman–Crippen LogP) is 5.85. The minimum Gasteiger partial charge on any atom is -0.493 e. The van der Waals surface area contributed by atoms with Crippen LogP contribution in [0.4, 0.5) is 5.69 Å². The molecule has 1 atom stereocenters. The van der Waals surface area contributed by atoms with E-state index in [1.54, 1.807) is 13.0 Å². The molecule has 6 nitrogen and oxygen atoms in total. The normalized spacial score (nSPS) is 14.5. The highest BCUT2D eigenvalue weighted by atomic mass is 16.5. The Bertz CT molecular complexity index is 1030. The molecule has 36 heavy (non-hydrogen) atoms. The number of ether oxygens (including phenoxy) is 2. The van der Waals surface area contributed by atoms with Crippen LogP contribution in [0.25, 0.3) is 6.08 Å². The van der Waals surface area contributed by atoms with Gasteiger partial charge >= 0.3 is 5.97 Å². The van der Waals surface area contributed by atoms with Gasteiger partial charge in [0.2, 0.25) is 5.91 Å². The Labute approximate surface area is 215 Å². The summed E-state index contributed by atoms with van der Waals surface area (Å²) in [6, 6.07) is 14.1. The highest BCUT2D eigenvalue weighted by molar-refractivity contribution is 5.87. The van der Waals surface area contributed by atoms with Gasteiger partial charge in [-0.3, -0.25) is 4.79 Å². The number of nitrogens with one attached hydrogen (secondary N) is 1. The summed E-state index contributed by atoms with van der Waals surface area (Å²) >= 11 is 0. The van der Waals surface area contributed by atoms with Gasteiger partial charge in [-0.2, -0.15) is 0 Å². The fourth-order valence-electron chi connectivity index (χ4n) is 4.68. The molecule has 1 N–H and O–H groups in total. The van der Waals surface area contributed by atoms with Crippen LogP contribution in [-0.4, -0.2) is 38.2 Å². The summed E-state index contributed by atoms with van der Waals surface area (Å²) in [6.07, 6.45) is 8.92. The van der Waals surface area contributed by atoms with E-state index in [0.29, 0.717) is 19.0 Å². The van der Waals surface area contributed by atoms with E-state index >= 15 is 0 Å². The lowest BCUT2D eigenvalue weighted by atomic mass is 9.97. The van der Waals surface area contributed by atoms with Crippen LogP contribution in [0.5, 0.6) is 5.75 Å². The van der Waals surface area contributed by atoms with E-state index in [0.717, 1.165) is 37.1 Å². The second kappa shape index (κ2) is 14.3. The molecule has 0 spiro atoms. The first kappa shape index (κ1) is 27.3. The van der Waals surface area contributed by atoms with Gasteiger partial charge in [-0.1, -0.05) is 43.7 Å². The summed E-state index contributed by atoms with van der Waals surface area (Å²) in [6.45, 7) is 8.79. The Balaban J connectivity index is 1.74. The third kappa shape index (κ3) is 7.87. The molecule has 1 fully saturated rings. The summed E-state index contributed by atoms with van der Waals surface area (Å²) in [5.41, 5.74) is 4.08. The topological polar surface area (TPSA) is 67.9 Å². The van der Waals surface area contributed by atoms with Crippen LogP contribution in [0, 0.1) is 0 Å². The first-order valence-electron chi connectivity index (χ1n) is 13.3. The number of rotatable bonds is 12. The Kier molecular flexibility index (Phi) is 10.9. The van der Waals surface area contributed by atoms with Crippen LogP contribution < -0.4 is 15.0 Å². The highest BCUT2D eigenvalue weighted by Gasteiger charge is 2.21. The van der Waals surface area contributed by atoms with Crippen molar-refractivity contribution in [1.29, 1.82) is 0 Å². The molecular formula is C30H40N2O4. The predicted molar refractivity (Wildman–Crippen MR) is 145 cm³/mol. The van der Waals surface area contributed by atoms with Gasteiger partial charge in [0.05, 0.1) is 25.7 Å². The summed E-state index contributed by atoms with van der Waals surface area (Å²) < 4.78 is 10.7. The number of carbonyl (C=O) groups is 2. The minimum absolute atomic E-state index is 0.0147. The van der Waals surface area contributed by atoms with Crippen molar-refractivity contribution >= 4 is 23.6 Å². The van der Waals surface area contributed by atoms with Crippen molar-refractivity contribution in [2.75, 3.05) is 31.2 Å². The van der Waals surface area contributed by atoms with Crippen molar-refractivity contribution in [3.8, 4) is 5.75 Å². The van der Waals surface area contributed by atoms with Crippen LogP contribution in [0.2, 0.25) is 0 Å². The monoisotopic (exact) mass is 492 g/mol. The number of esters is 1. The second-order valence-electron chi connectivity index (χ2n) is 9.08. The second-order valence-corrected chi connectivity index (χ2v) is 9.08. The van der Waals surface area contributed by atoms with E-state index < -0.39 is 5.97 Å². The van der Waals surface area contributed by atoms with Crippen molar-refractivity contribution in [2.45, 2.75) is 65.3 Å². The Morgan fingerprint density at radius 2 is 1.81 bits per heavy atom. The van der Waals surface area contributed by atoms with Crippen molar-refractivity contribution in [2.24, 2.45) is 0 Å². The molecule has 1 aliphatic rings. The number of carbonyl (C=O) groups excluding carboxylic acids is 2. The van der Waals surface area contributed by atoms with Gasteiger partial charge in [0.1, 0.15) is 5.75 Å². The number of anilines is 1. The van der Waals surface area contributed by atoms with E-state index in [-0.39, 0.29) is 18.4 Å². The minimum atomic E-state index is -0.393. The molecule has 6 heteroatoms. The lowest BCUT2D eigenvalue weighted by molar-refractivity contribution is -0.137. The summed E-state index contributed by atoms with van der Waals surface area (Å²) in [4.78, 5) is 27.3. The highest BCUT2D eigenvalue weighted by Crippen LogP contribution is 2.31. The number of piperidine rings is 1. The average Bonchev–Trinajstić information content (AvgIpc) is 2.89. The van der Waals surface area contributed by atoms with Crippen molar-refractivity contribution in [3.63, 3.8) is 0 Å². The molecule has 2 aromatic rings. The SMILES string of the molecule is CCCC(NC(=O)Cc1ccc(C=CC(=O)OCC)c(OCC)c1)c1ccccc1N1CCCCC1. The van der Waals surface area contributed by atoms with Crippen LogP contribution in [0.3, 0.4) is 0 Å². The molecule has 0 saturated carbocycles. The quantitative estimate of drug-likeness (QED) is 0.297. The molecule has 3 rings (SSSR count). The number of hydrogen-bond donors (Lipinski definition) is 1. The molecule has 0 radical (unpaired) electrons. The van der Waals surface area contributed by atoms with Crippen LogP contribution in [0.15, 0.2) is 48.5 Å². The maximum atomic E-state index is 13.2. The first-order valence-corrected chi connectivity index (χ1v) is 13.3. The molecule has 0 aromatic heterocycles. The number of nitrogens with zero attached hydrogens (tertiary/aromatic N) is 1. The van der Waals surface area contributed by atoms with Crippen molar-refractivity contribution in [3.05, 3.63) is 65.2 Å². The lowest BCUT2D eigenvalue weighted by Crippen LogP contribution is -2.34. The molecule has 1 saturated heterocycles. The largest absolute Gasteiger partial charge is 0.493 e. The molecule has 194 valence electrons. The van der Waals surface area contributed by atoms with E-state index in [4.69, 9.17) is 9.47 Å². The van der Waals surface area contributed by atoms with Gasteiger partial charge in [-0.25, -0.2) is 4.79 Å². The van der Waals surface area contributed by atoms with Gasteiger partial charge < -0.3 is 19.7 Å². The lowest BCUT2D eigenvalue weighted by Gasteiger charge is -2.32. The fraction of sp³-hybridized carbons (Fsp3) is 0.467. The van der Waals surface area contributed by atoms with Crippen molar-refractivity contribution in [1.82, 2.24) is 5.32 Å². The smallest absolute Gasteiger partial charge is 0.330 e. The van der Waals surface area contributed by atoms with E-state index in [9.17, 15) is 9.59 Å². The summed E-state index contributed by atoms with van der Waals surface area (Å²) in [7, 11) is 0. The van der Waals surface area contributed by atoms with Gasteiger partial charge in [-0.15, -0.1) is 0 Å². The van der Waals surface area contributed by atoms with Crippen LogP contribution >= 0.6 is 0 Å². The number of hydrogen-bond acceptors (Lipinski definition) is 5. The molecule has 1 aliphatic heterocycles. The fourth-order valence-corrected chi connectivity index (χ4v) is 4.68. The molecule has 0 aliphatic carbocycles. The zero-order chi connectivity index (χ0) is 25.8. The zero-order valence-electron chi connectivity index (χ0n) is 21.9. The van der Waals surface area contributed by atoms with E-state index in [2.05, 4.69) is 41.4 Å². The average molecular weight is 493 g/mol. The summed E-state index contributed by atoms with van der Waals surface area (Å²) in [5.74, 6) is 0.235. The number of amides is 1. The Morgan fingerprint density at radius 3 is 2.53 bits per heavy atom. The first-order chi connectivity index (χ1) is 17.5. The van der Waals surface area contributed by atoms with E-state index in [1.165, 1.54) is 36.6 Å². The third-order valence-corrected chi connectivity index (χ3v) is 6.35. The zero-order valence-corrected chi connectivity index (χ0v) is 21.9.